The van der Waals surface area contributed by atoms with Crippen LogP contribution in [0, 0.1) is 5.92 Å². The molecule has 1 aromatic carbocycles. The number of pyridine rings is 1. The summed E-state index contributed by atoms with van der Waals surface area (Å²) < 4.78 is 16.0. The van der Waals surface area contributed by atoms with Gasteiger partial charge in [0.1, 0.15) is 5.82 Å². The minimum Gasteiger partial charge on any atom is -0.454 e. The number of carbonyl (C=O) groups is 1. The average molecular weight is 383 g/mol. The highest BCUT2D eigenvalue weighted by molar-refractivity contribution is 5.94. The number of likely N-dealkylation sites (tertiary alicyclic amines) is 1. The molecule has 4 rings (SSSR count). The third-order valence-electron chi connectivity index (χ3n) is 5.13. The monoisotopic (exact) mass is 383 g/mol. The van der Waals surface area contributed by atoms with Crippen molar-refractivity contribution in [2.45, 2.75) is 19.4 Å². The van der Waals surface area contributed by atoms with Crippen LogP contribution in [-0.4, -0.2) is 49.4 Å². The maximum absolute atomic E-state index is 12.7. The first-order valence-electron chi connectivity index (χ1n) is 9.59. The molecule has 1 atom stereocenters. The number of amides is 1. The predicted octanol–water partition coefficient (Wildman–Crippen LogP) is 2.92. The fourth-order valence-electron chi connectivity index (χ4n) is 3.67. The van der Waals surface area contributed by atoms with Crippen LogP contribution in [-0.2, 0) is 11.3 Å². The minimum absolute atomic E-state index is 0.0376. The Bertz CT molecular complexity index is 823. The van der Waals surface area contributed by atoms with E-state index in [2.05, 4.69) is 10.3 Å². The molecule has 1 N–H and O–H groups in total. The first-order valence-corrected chi connectivity index (χ1v) is 9.59. The van der Waals surface area contributed by atoms with Gasteiger partial charge in [-0.1, -0.05) is 6.07 Å². The van der Waals surface area contributed by atoms with Crippen molar-refractivity contribution in [1.82, 2.24) is 9.88 Å². The summed E-state index contributed by atoms with van der Waals surface area (Å²) in [5.74, 6) is 2.72. The second-order valence-electron chi connectivity index (χ2n) is 7.19. The Balaban J connectivity index is 1.34. The van der Waals surface area contributed by atoms with Gasteiger partial charge in [0.25, 0.3) is 5.91 Å². The number of hydrogen-bond acceptors (Lipinski definition) is 6. The van der Waals surface area contributed by atoms with E-state index >= 15 is 0 Å². The lowest BCUT2D eigenvalue weighted by Crippen LogP contribution is -2.41. The van der Waals surface area contributed by atoms with Crippen LogP contribution in [0.15, 0.2) is 36.5 Å². The first kappa shape index (κ1) is 18.6. The van der Waals surface area contributed by atoms with E-state index in [1.165, 1.54) is 0 Å². The lowest BCUT2D eigenvalue weighted by Gasteiger charge is -2.32. The fourth-order valence-corrected chi connectivity index (χ4v) is 3.67. The number of aromatic nitrogens is 1. The highest BCUT2D eigenvalue weighted by Gasteiger charge is 2.24. The normalized spacial score (nSPS) is 18.2. The third-order valence-corrected chi connectivity index (χ3v) is 5.13. The van der Waals surface area contributed by atoms with Crippen molar-refractivity contribution in [3.05, 3.63) is 47.7 Å². The lowest BCUT2D eigenvalue weighted by molar-refractivity contribution is 0.0570. The number of carbonyl (C=O) groups excluding carboxylic acids is 1. The first-order chi connectivity index (χ1) is 13.7. The smallest absolute Gasteiger partial charge is 0.255 e. The summed E-state index contributed by atoms with van der Waals surface area (Å²) in [6, 6.07) is 9.53. The molecule has 1 fully saturated rings. The Morgan fingerprint density at radius 2 is 2.18 bits per heavy atom. The molecule has 0 radical (unpaired) electrons. The van der Waals surface area contributed by atoms with Gasteiger partial charge in [0.05, 0.1) is 12.2 Å². The van der Waals surface area contributed by atoms with Crippen LogP contribution < -0.4 is 14.8 Å². The number of nitrogens with zero attached hydrogens (tertiary/aromatic N) is 2. The van der Waals surface area contributed by atoms with Crippen LogP contribution in [0.25, 0.3) is 0 Å². The number of fused-ring (bicyclic) bond motifs is 1. The van der Waals surface area contributed by atoms with Gasteiger partial charge in [-0.3, -0.25) is 4.79 Å². The van der Waals surface area contributed by atoms with E-state index in [0.717, 1.165) is 48.8 Å². The van der Waals surface area contributed by atoms with Gasteiger partial charge in [-0.25, -0.2) is 4.98 Å². The summed E-state index contributed by atoms with van der Waals surface area (Å²) >= 11 is 0. The zero-order valence-electron chi connectivity index (χ0n) is 16.0. The van der Waals surface area contributed by atoms with Crippen molar-refractivity contribution in [2.24, 2.45) is 5.92 Å². The maximum atomic E-state index is 12.7. The molecule has 0 spiro atoms. The molecule has 1 aromatic heterocycles. The Labute approximate surface area is 164 Å². The van der Waals surface area contributed by atoms with Crippen molar-refractivity contribution in [2.75, 3.05) is 38.9 Å². The van der Waals surface area contributed by atoms with Crippen LogP contribution in [0.2, 0.25) is 0 Å². The molecule has 1 unspecified atom stereocenters. The molecule has 28 heavy (non-hydrogen) atoms. The lowest BCUT2D eigenvalue weighted by atomic mass is 9.98. The Morgan fingerprint density at radius 3 is 3.00 bits per heavy atom. The van der Waals surface area contributed by atoms with Crippen LogP contribution in [0.1, 0.15) is 28.8 Å². The zero-order valence-corrected chi connectivity index (χ0v) is 16.0. The summed E-state index contributed by atoms with van der Waals surface area (Å²) in [6.45, 7) is 3.12. The molecule has 2 aromatic rings. The van der Waals surface area contributed by atoms with Gasteiger partial charge in [0.15, 0.2) is 11.5 Å². The molecule has 0 bridgehead atoms. The number of ether oxygens (including phenoxy) is 3. The SMILES string of the molecule is COCC1CCCN(C(=O)c2ccc(NCc3ccc4c(c3)OCO4)nc2)C1. The van der Waals surface area contributed by atoms with E-state index in [1.807, 2.05) is 35.2 Å². The maximum Gasteiger partial charge on any atom is 0.255 e. The Morgan fingerprint density at radius 1 is 1.29 bits per heavy atom. The van der Waals surface area contributed by atoms with Gasteiger partial charge in [0, 0.05) is 32.9 Å². The van der Waals surface area contributed by atoms with E-state index < -0.39 is 0 Å². The molecule has 7 nitrogen and oxygen atoms in total. The number of anilines is 1. The van der Waals surface area contributed by atoms with Crippen molar-refractivity contribution < 1.29 is 19.0 Å². The second kappa shape index (κ2) is 8.48. The molecule has 0 saturated carbocycles. The van der Waals surface area contributed by atoms with Crippen molar-refractivity contribution >= 4 is 11.7 Å². The zero-order chi connectivity index (χ0) is 19.3. The average Bonchev–Trinajstić information content (AvgIpc) is 3.20. The van der Waals surface area contributed by atoms with Crippen molar-refractivity contribution in [3.8, 4) is 11.5 Å². The highest BCUT2D eigenvalue weighted by atomic mass is 16.7. The predicted molar refractivity (Wildman–Crippen MR) is 105 cm³/mol. The van der Waals surface area contributed by atoms with E-state index in [0.29, 0.717) is 24.6 Å². The highest BCUT2D eigenvalue weighted by Crippen LogP contribution is 2.32. The summed E-state index contributed by atoms with van der Waals surface area (Å²) in [6.07, 6.45) is 3.77. The largest absolute Gasteiger partial charge is 0.454 e. The van der Waals surface area contributed by atoms with E-state index in [9.17, 15) is 4.79 Å². The molecule has 0 aliphatic carbocycles. The number of hydrogen-bond donors (Lipinski definition) is 1. The van der Waals surface area contributed by atoms with E-state index in [-0.39, 0.29) is 12.7 Å². The Hall–Kier alpha value is -2.80. The molecule has 7 heteroatoms. The molecule has 2 aliphatic heterocycles. The van der Waals surface area contributed by atoms with Crippen LogP contribution in [0.5, 0.6) is 11.5 Å². The van der Waals surface area contributed by atoms with Gasteiger partial charge in [0.2, 0.25) is 6.79 Å². The summed E-state index contributed by atoms with van der Waals surface area (Å²) in [7, 11) is 1.71. The molecular formula is C21H25N3O4. The quantitative estimate of drug-likeness (QED) is 0.827. The molecule has 148 valence electrons. The van der Waals surface area contributed by atoms with Gasteiger partial charge in [-0.05, 0) is 48.6 Å². The summed E-state index contributed by atoms with van der Waals surface area (Å²) in [4.78, 5) is 19.1. The van der Waals surface area contributed by atoms with Crippen molar-refractivity contribution in [1.29, 1.82) is 0 Å². The van der Waals surface area contributed by atoms with Crippen LogP contribution in [0.4, 0.5) is 5.82 Å². The number of benzene rings is 1. The fraction of sp³-hybridized carbons (Fsp3) is 0.429. The number of methoxy groups -OCH3 is 1. The molecule has 1 amide bonds. The molecule has 2 aliphatic rings. The van der Waals surface area contributed by atoms with Gasteiger partial charge in [-0.2, -0.15) is 0 Å². The topological polar surface area (TPSA) is 72.9 Å². The standard InChI is InChI=1S/C21H25N3O4/c1-26-13-16-3-2-8-24(12-16)21(25)17-5-7-20(23-11-17)22-10-15-4-6-18-19(9-15)28-14-27-18/h4-7,9,11,16H,2-3,8,10,12-14H2,1H3,(H,22,23). The number of rotatable bonds is 6. The number of piperidine rings is 1. The molecule has 3 heterocycles. The number of nitrogens with one attached hydrogen (secondary N) is 1. The molecular weight excluding hydrogens is 358 g/mol. The Kier molecular flexibility index (Phi) is 5.62. The summed E-state index contributed by atoms with van der Waals surface area (Å²) in [5.41, 5.74) is 1.69. The van der Waals surface area contributed by atoms with Crippen molar-refractivity contribution in [3.63, 3.8) is 0 Å². The van der Waals surface area contributed by atoms with Crippen LogP contribution in [0.3, 0.4) is 0 Å². The third kappa shape index (κ3) is 4.20. The van der Waals surface area contributed by atoms with Gasteiger partial charge in [-0.15, -0.1) is 0 Å². The molecule has 1 saturated heterocycles. The van der Waals surface area contributed by atoms with Gasteiger partial charge < -0.3 is 24.4 Å². The van der Waals surface area contributed by atoms with E-state index in [4.69, 9.17) is 14.2 Å². The second-order valence-corrected chi connectivity index (χ2v) is 7.19. The van der Waals surface area contributed by atoms with Gasteiger partial charge >= 0.3 is 0 Å². The van der Waals surface area contributed by atoms with Crippen LogP contribution >= 0.6 is 0 Å². The minimum atomic E-state index is 0.0376. The van der Waals surface area contributed by atoms with E-state index in [1.54, 1.807) is 13.3 Å². The summed E-state index contributed by atoms with van der Waals surface area (Å²) in [5, 5.41) is 3.27.